The molecule has 1 aliphatic heterocycles. The molecule has 0 amide bonds. The van der Waals surface area contributed by atoms with Crippen LogP contribution in [0.2, 0.25) is 5.02 Å². The molecular weight excluding hydrogens is 336 g/mol. The number of anilines is 2. The number of halogens is 1. The standard InChI is InChI=1S/C15H17ClN4O2S/c1-11-4-5-12(8-13(11)16)23(21,22)19-14-9-17-10-15(18-14)20-6-2-3-7-20/h4-5,8-10H,2-3,6-7H2,1H3,(H,18,19). The maximum absolute atomic E-state index is 12.4. The summed E-state index contributed by atoms with van der Waals surface area (Å²) in [6.07, 6.45) is 5.26. The van der Waals surface area contributed by atoms with Gasteiger partial charge in [-0.15, -0.1) is 0 Å². The molecule has 1 aromatic carbocycles. The van der Waals surface area contributed by atoms with Crippen LogP contribution in [-0.4, -0.2) is 31.5 Å². The molecule has 0 aliphatic carbocycles. The first-order valence-electron chi connectivity index (χ1n) is 7.32. The predicted octanol–water partition coefficient (Wildman–Crippen LogP) is 2.84. The monoisotopic (exact) mass is 352 g/mol. The maximum Gasteiger partial charge on any atom is 0.263 e. The third-order valence-electron chi connectivity index (χ3n) is 3.74. The average molecular weight is 353 g/mol. The number of aryl methyl sites for hydroxylation is 1. The molecule has 1 aromatic heterocycles. The molecule has 8 heteroatoms. The Morgan fingerprint density at radius 3 is 2.65 bits per heavy atom. The maximum atomic E-state index is 12.4. The van der Waals surface area contributed by atoms with Crippen molar-refractivity contribution < 1.29 is 8.42 Å². The summed E-state index contributed by atoms with van der Waals surface area (Å²) < 4.78 is 27.4. The molecule has 1 fully saturated rings. The molecule has 23 heavy (non-hydrogen) atoms. The minimum Gasteiger partial charge on any atom is -0.355 e. The van der Waals surface area contributed by atoms with Gasteiger partial charge in [0.15, 0.2) is 5.82 Å². The molecule has 0 saturated carbocycles. The zero-order valence-electron chi connectivity index (χ0n) is 12.7. The van der Waals surface area contributed by atoms with E-state index < -0.39 is 10.0 Å². The summed E-state index contributed by atoms with van der Waals surface area (Å²) in [5.41, 5.74) is 0.821. The largest absolute Gasteiger partial charge is 0.355 e. The van der Waals surface area contributed by atoms with Crippen molar-refractivity contribution in [2.24, 2.45) is 0 Å². The normalized spacial score (nSPS) is 15.0. The first-order chi connectivity index (χ1) is 11.0. The number of benzene rings is 1. The summed E-state index contributed by atoms with van der Waals surface area (Å²) in [5, 5.41) is 0.407. The number of nitrogens with one attached hydrogen (secondary N) is 1. The Labute approximate surface area is 140 Å². The van der Waals surface area contributed by atoms with Gasteiger partial charge in [-0.3, -0.25) is 9.71 Å². The summed E-state index contributed by atoms with van der Waals surface area (Å²) >= 11 is 6.01. The molecule has 0 spiro atoms. The van der Waals surface area contributed by atoms with Crippen LogP contribution in [0.3, 0.4) is 0 Å². The summed E-state index contributed by atoms with van der Waals surface area (Å²) in [7, 11) is -3.75. The number of aromatic nitrogens is 2. The Morgan fingerprint density at radius 2 is 1.96 bits per heavy atom. The van der Waals surface area contributed by atoms with Gasteiger partial charge in [0.25, 0.3) is 10.0 Å². The summed E-state index contributed by atoms with van der Waals surface area (Å²) in [6.45, 7) is 3.65. The lowest BCUT2D eigenvalue weighted by Gasteiger charge is -2.16. The highest BCUT2D eigenvalue weighted by Gasteiger charge is 2.18. The van der Waals surface area contributed by atoms with Crippen LogP contribution >= 0.6 is 11.6 Å². The second kappa shape index (κ2) is 6.33. The van der Waals surface area contributed by atoms with E-state index in [-0.39, 0.29) is 10.7 Å². The van der Waals surface area contributed by atoms with Crippen molar-refractivity contribution in [2.75, 3.05) is 22.7 Å². The van der Waals surface area contributed by atoms with E-state index >= 15 is 0 Å². The zero-order valence-corrected chi connectivity index (χ0v) is 14.2. The van der Waals surface area contributed by atoms with Gasteiger partial charge in [0, 0.05) is 18.1 Å². The highest BCUT2D eigenvalue weighted by molar-refractivity contribution is 7.92. The SMILES string of the molecule is Cc1ccc(S(=O)(=O)Nc2cncc(N3CCCC3)n2)cc1Cl. The van der Waals surface area contributed by atoms with E-state index in [0.29, 0.717) is 10.8 Å². The molecule has 2 heterocycles. The Morgan fingerprint density at radius 1 is 1.22 bits per heavy atom. The quantitative estimate of drug-likeness (QED) is 0.915. The smallest absolute Gasteiger partial charge is 0.263 e. The van der Waals surface area contributed by atoms with Gasteiger partial charge in [-0.05, 0) is 37.5 Å². The van der Waals surface area contributed by atoms with E-state index in [1.54, 1.807) is 12.3 Å². The fourth-order valence-electron chi connectivity index (χ4n) is 2.44. The van der Waals surface area contributed by atoms with Gasteiger partial charge in [0.1, 0.15) is 5.82 Å². The zero-order chi connectivity index (χ0) is 16.4. The van der Waals surface area contributed by atoms with E-state index in [4.69, 9.17) is 11.6 Å². The van der Waals surface area contributed by atoms with Gasteiger partial charge in [-0.1, -0.05) is 17.7 Å². The van der Waals surface area contributed by atoms with Crippen molar-refractivity contribution in [3.63, 3.8) is 0 Å². The Hall–Kier alpha value is -1.86. The molecule has 122 valence electrons. The molecule has 0 unspecified atom stereocenters. The van der Waals surface area contributed by atoms with E-state index in [1.165, 1.54) is 18.3 Å². The van der Waals surface area contributed by atoms with Gasteiger partial charge in [-0.2, -0.15) is 0 Å². The topological polar surface area (TPSA) is 75.2 Å². The molecule has 1 saturated heterocycles. The van der Waals surface area contributed by atoms with E-state index in [2.05, 4.69) is 19.6 Å². The van der Waals surface area contributed by atoms with E-state index in [0.717, 1.165) is 31.5 Å². The first kappa shape index (κ1) is 16.0. The molecule has 1 aliphatic rings. The van der Waals surface area contributed by atoms with Crippen LogP contribution in [0.5, 0.6) is 0 Å². The molecule has 0 radical (unpaired) electrons. The molecule has 1 N–H and O–H groups in total. The van der Waals surface area contributed by atoms with Gasteiger partial charge in [0.05, 0.1) is 17.3 Å². The van der Waals surface area contributed by atoms with E-state index in [1.807, 2.05) is 6.92 Å². The van der Waals surface area contributed by atoms with Crippen LogP contribution in [-0.2, 0) is 10.0 Å². The highest BCUT2D eigenvalue weighted by Crippen LogP contribution is 2.23. The van der Waals surface area contributed by atoms with Crippen molar-refractivity contribution in [1.82, 2.24) is 9.97 Å². The molecule has 0 bridgehead atoms. The van der Waals surface area contributed by atoms with Crippen LogP contribution in [0.15, 0.2) is 35.5 Å². The second-order valence-electron chi connectivity index (χ2n) is 5.47. The van der Waals surface area contributed by atoms with Crippen LogP contribution in [0.4, 0.5) is 11.6 Å². The van der Waals surface area contributed by atoms with Gasteiger partial charge < -0.3 is 4.90 Å². The summed E-state index contributed by atoms with van der Waals surface area (Å²) in [6, 6.07) is 4.61. The number of sulfonamides is 1. The third-order valence-corrected chi connectivity index (χ3v) is 5.50. The number of rotatable bonds is 4. The lowest BCUT2D eigenvalue weighted by Crippen LogP contribution is -2.20. The van der Waals surface area contributed by atoms with Crippen molar-refractivity contribution >= 4 is 33.3 Å². The van der Waals surface area contributed by atoms with Gasteiger partial charge in [0.2, 0.25) is 0 Å². The second-order valence-corrected chi connectivity index (χ2v) is 7.56. The van der Waals surface area contributed by atoms with Crippen molar-refractivity contribution in [3.05, 3.63) is 41.2 Å². The van der Waals surface area contributed by atoms with Crippen molar-refractivity contribution in [1.29, 1.82) is 0 Å². The van der Waals surface area contributed by atoms with Crippen LogP contribution in [0.1, 0.15) is 18.4 Å². The van der Waals surface area contributed by atoms with Gasteiger partial charge in [-0.25, -0.2) is 13.4 Å². The molecule has 0 atom stereocenters. The Kier molecular flexibility index (Phi) is 4.41. The van der Waals surface area contributed by atoms with Crippen molar-refractivity contribution in [2.45, 2.75) is 24.7 Å². The molecular formula is C15H17ClN4O2S. The van der Waals surface area contributed by atoms with Crippen molar-refractivity contribution in [3.8, 4) is 0 Å². The van der Waals surface area contributed by atoms with E-state index in [9.17, 15) is 8.42 Å². The minimum absolute atomic E-state index is 0.0986. The first-order valence-corrected chi connectivity index (χ1v) is 9.18. The minimum atomic E-state index is -3.75. The Balaban J connectivity index is 1.85. The van der Waals surface area contributed by atoms with Gasteiger partial charge >= 0.3 is 0 Å². The third kappa shape index (κ3) is 3.56. The number of hydrogen-bond donors (Lipinski definition) is 1. The molecule has 2 aromatic rings. The summed E-state index contributed by atoms with van der Waals surface area (Å²) in [4.78, 5) is 10.6. The fraction of sp³-hybridized carbons (Fsp3) is 0.333. The number of hydrogen-bond acceptors (Lipinski definition) is 5. The van der Waals surface area contributed by atoms with Crippen LogP contribution in [0, 0.1) is 6.92 Å². The lowest BCUT2D eigenvalue weighted by molar-refractivity contribution is 0.601. The number of nitrogens with zero attached hydrogens (tertiary/aromatic N) is 3. The molecule has 6 nitrogen and oxygen atoms in total. The molecule has 3 rings (SSSR count). The fourth-order valence-corrected chi connectivity index (χ4v) is 3.70. The van der Waals surface area contributed by atoms with Crippen LogP contribution < -0.4 is 9.62 Å². The highest BCUT2D eigenvalue weighted by atomic mass is 35.5. The lowest BCUT2D eigenvalue weighted by atomic mass is 10.2. The predicted molar refractivity (Wildman–Crippen MR) is 90.5 cm³/mol. The Bertz CT molecular complexity index is 820. The van der Waals surface area contributed by atoms with Crippen LogP contribution in [0.25, 0.3) is 0 Å². The summed E-state index contributed by atoms with van der Waals surface area (Å²) in [5.74, 6) is 0.885. The average Bonchev–Trinajstić information content (AvgIpc) is 3.04.